The van der Waals surface area contributed by atoms with Gasteiger partial charge in [0.1, 0.15) is 0 Å². The number of para-hydroxylation sites is 4. The van der Waals surface area contributed by atoms with Gasteiger partial charge in [-0.15, -0.1) is 0 Å². The number of hydrogen-bond donors (Lipinski definition) is 0. The van der Waals surface area contributed by atoms with E-state index in [9.17, 15) is 0 Å². The van der Waals surface area contributed by atoms with Crippen LogP contribution in [0.5, 0.6) is 0 Å². The third kappa shape index (κ3) is 4.54. The molecular formula is C42H30N2. The van der Waals surface area contributed by atoms with Gasteiger partial charge in [0.05, 0.1) is 11.4 Å². The molecule has 0 unspecified atom stereocenters. The van der Waals surface area contributed by atoms with Gasteiger partial charge in [-0.1, -0.05) is 109 Å². The molecular weight excluding hydrogens is 532 g/mol. The first-order chi connectivity index (χ1) is 21.8. The lowest BCUT2D eigenvalue weighted by Gasteiger charge is -2.27. The molecule has 0 aliphatic rings. The average Bonchev–Trinajstić information content (AvgIpc) is 3.10. The molecule has 0 aromatic heterocycles. The second-order valence-corrected chi connectivity index (χ2v) is 11.0. The molecule has 44 heavy (non-hydrogen) atoms. The zero-order valence-electron chi connectivity index (χ0n) is 24.2. The van der Waals surface area contributed by atoms with E-state index < -0.39 is 0 Å². The summed E-state index contributed by atoms with van der Waals surface area (Å²) in [5, 5.41) is 7.36. The van der Waals surface area contributed by atoms with Crippen LogP contribution in [0.2, 0.25) is 0 Å². The molecule has 0 spiro atoms. The highest BCUT2D eigenvalue weighted by molar-refractivity contribution is 6.17. The maximum absolute atomic E-state index is 2.39. The van der Waals surface area contributed by atoms with Crippen molar-refractivity contribution >= 4 is 66.4 Å². The highest BCUT2D eigenvalue weighted by atomic mass is 15.1. The van der Waals surface area contributed by atoms with Gasteiger partial charge < -0.3 is 9.80 Å². The van der Waals surface area contributed by atoms with E-state index in [2.05, 4.69) is 192 Å². The first-order valence-electron chi connectivity index (χ1n) is 15.0. The molecule has 8 rings (SSSR count). The number of anilines is 6. The summed E-state index contributed by atoms with van der Waals surface area (Å²) in [5.74, 6) is 0. The first kappa shape index (κ1) is 25.8. The van der Waals surface area contributed by atoms with Crippen LogP contribution in [0.4, 0.5) is 34.1 Å². The van der Waals surface area contributed by atoms with Gasteiger partial charge in [0.2, 0.25) is 0 Å². The zero-order valence-corrected chi connectivity index (χ0v) is 24.2. The number of benzene rings is 8. The first-order valence-corrected chi connectivity index (χ1v) is 15.0. The topological polar surface area (TPSA) is 6.48 Å². The number of hydrogen-bond acceptors (Lipinski definition) is 2. The summed E-state index contributed by atoms with van der Waals surface area (Å²) >= 11 is 0. The Morgan fingerprint density at radius 2 is 0.682 bits per heavy atom. The smallest absolute Gasteiger partial charge is 0.0540 e. The minimum atomic E-state index is 1.13. The standard InChI is InChI=1S/C42H30N2/c1-5-16-33(17-6-1)43(34-18-7-2-8-19-34)41-26-14-24-37-38(41)28-27-32-29-31-15-13-25-42(40(31)30-39(32)37)44(35-20-9-3-10-21-35)36-22-11-4-12-23-36/h1-30H. The normalized spacial score (nSPS) is 11.2. The third-order valence-electron chi connectivity index (χ3n) is 8.37. The van der Waals surface area contributed by atoms with Crippen LogP contribution in [0.3, 0.4) is 0 Å². The van der Waals surface area contributed by atoms with Crippen molar-refractivity contribution in [2.45, 2.75) is 0 Å². The molecule has 0 atom stereocenters. The summed E-state index contributed by atoms with van der Waals surface area (Å²) < 4.78 is 0. The maximum Gasteiger partial charge on any atom is 0.0540 e. The van der Waals surface area contributed by atoms with Crippen molar-refractivity contribution < 1.29 is 0 Å². The van der Waals surface area contributed by atoms with Gasteiger partial charge in [0, 0.05) is 33.5 Å². The molecule has 0 saturated heterocycles. The molecule has 0 N–H and O–H groups in total. The minimum absolute atomic E-state index is 1.13. The Kier molecular flexibility index (Phi) is 6.51. The number of rotatable bonds is 6. The third-order valence-corrected chi connectivity index (χ3v) is 8.37. The van der Waals surface area contributed by atoms with Gasteiger partial charge >= 0.3 is 0 Å². The molecule has 208 valence electrons. The van der Waals surface area contributed by atoms with Crippen molar-refractivity contribution in [3.8, 4) is 0 Å². The lowest BCUT2D eigenvalue weighted by molar-refractivity contribution is 1.30. The zero-order chi connectivity index (χ0) is 29.3. The molecule has 2 heteroatoms. The average molecular weight is 563 g/mol. The van der Waals surface area contributed by atoms with Gasteiger partial charge in [-0.25, -0.2) is 0 Å². The Hall–Kier alpha value is -5.86. The lowest BCUT2D eigenvalue weighted by Crippen LogP contribution is -2.10. The number of fused-ring (bicyclic) bond motifs is 4. The summed E-state index contributed by atoms with van der Waals surface area (Å²) in [6.07, 6.45) is 0. The Balaban J connectivity index is 1.38. The maximum atomic E-state index is 2.39. The number of nitrogens with zero attached hydrogens (tertiary/aromatic N) is 2. The Bertz CT molecular complexity index is 2130. The quantitative estimate of drug-likeness (QED) is 0.147. The highest BCUT2D eigenvalue weighted by Crippen LogP contribution is 2.43. The van der Waals surface area contributed by atoms with Crippen LogP contribution in [0, 0.1) is 0 Å². The summed E-state index contributed by atoms with van der Waals surface area (Å²) in [6.45, 7) is 0. The summed E-state index contributed by atoms with van der Waals surface area (Å²) in [5.41, 5.74) is 6.85. The van der Waals surface area contributed by atoms with Crippen molar-refractivity contribution in [1.82, 2.24) is 0 Å². The van der Waals surface area contributed by atoms with Gasteiger partial charge in [-0.05, 0) is 94.3 Å². The van der Waals surface area contributed by atoms with Crippen molar-refractivity contribution in [3.05, 3.63) is 182 Å². The van der Waals surface area contributed by atoms with Crippen molar-refractivity contribution in [2.75, 3.05) is 9.80 Å². The largest absolute Gasteiger partial charge is 0.310 e. The van der Waals surface area contributed by atoms with Crippen LogP contribution in [-0.4, -0.2) is 0 Å². The summed E-state index contributed by atoms with van der Waals surface area (Å²) in [4.78, 5) is 4.71. The van der Waals surface area contributed by atoms with Crippen molar-refractivity contribution in [1.29, 1.82) is 0 Å². The van der Waals surface area contributed by atoms with Gasteiger partial charge in [-0.3, -0.25) is 0 Å². The lowest BCUT2D eigenvalue weighted by atomic mass is 9.96. The van der Waals surface area contributed by atoms with Gasteiger partial charge in [-0.2, -0.15) is 0 Å². The van der Waals surface area contributed by atoms with Crippen LogP contribution >= 0.6 is 0 Å². The second-order valence-electron chi connectivity index (χ2n) is 11.0. The molecule has 0 saturated carbocycles. The predicted molar refractivity (Wildman–Crippen MR) is 188 cm³/mol. The fourth-order valence-electron chi connectivity index (χ4n) is 6.39. The van der Waals surface area contributed by atoms with E-state index in [0.29, 0.717) is 0 Å². The summed E-state index contributed by atoms with van der Waals surface area (Å²) in [6, 6.07) is 65.1. The van der Waals surface area contributed by atoms with E-state index >= 15 is 0 Å². The molecule has 0 fully saturated rings. The predicted octanol–water partition coefficient (Wildman–Crippen LogP) is 12.1. The Morgan fingerprint density at radius 1 is 0.250 bits per heavy atom. The van der Waals surface area contributed by atoms with Crippen LogP contribution < -0.4 is 9.80 Å². The van der Waals surface area contributed by atoms with Crippen LogP contribution in [-0.2, 0) is 0 Å². The molecule has 0 aliphatic heterocycles. The molecule has 0 amide bonds. The van der Waals surface area contributed by atoms with E-state index in [4.69, 9.17) is 0 Å². The molecule has 0 aliphatic carbocycles. The van der Waals surface area contributed by atoms with E-state index in [0.717, 1.165) is 34.1 Å². The van der Waals surface area contributed by atoms with Gasteiger partial charge in [0.15, 0.2) is 0 Å². The van der Waals surface area contributed by atoms with Gasteiger partial charge in [0.25, 0.3) is 0 Å². The molecule has 0 radical (unpaired) electrons. The molecule has 2 nitrogen and oxygen atoms in total. The molecule has 8 aromatic carbocycles. The SMILES string of the molecule is c1ccc(N(c2ccccc2)c2cccc3cc4ccc5c(N(c6ccccc6)c6ccccc6)cccc5c4cc23)cc1. The minimum Gasteiger partial charge on any atom is -0.310 e. The van der Waals surface area contributed by atoms with Crippen LogP contribution in [0.25, 0.3) is 32.3 Å². The molecule has 0 bridgehead atoms. The Labute approximate surface area is 257 Å². The Morgan fingerprint density at radius 3 is 1.18 bits per heavy atom. The molecule has 0 heterocycles. The van der Waals surface area contributed by atoms with Crippen LogP contribution in [0.15, 0.2) is 182 Å². The van der Waals surface area contributed by atoms with E-state index in [-0.39, 0.29) is 0 Å². The van der Waals surface area contributed by atoms with Crippen molar-refractivity contribution in [3.63, 3.8) is 0 Å². The molecule has 8 aromatic rings. The van der Waals surface area contributed by atoms with E-state index in [1.807, 2.05) is 0 Å². The van der Waals surface area contributed by atoms with Crippen molar-refractivity contribution in [2.24, 2.45) is 0 Å². The monoisotopic (exact) mass is 562 g/mol. The highest BCUT2D eigenvalue weighted by Gasteiger charge is 2.18. The fraction of sp³-hybridized carbons (Fsp3) is 0. The fourth-order valence-corrected chi connectivity index (χ4v) is 6.39. The van der Waals surface area contributed by atoms with E-state index in [1.54, 1.807) is 0 Å². The second kappa shape index (κ2) is 11.1. The van der Waals surface area contributed by atoms with E-state index in [1.165, 1.54) is 32.3 Å². The summed E-state index contributed by atoms with van der Waals surface area (Å²) in [7, 11) is 0. The van der Waals surface area contributed by atoms with Crippen LogP contribution in [0.1, 0.15) is 0 Å².